The highest BCUT2D eigenvalue weighted by atomic mass is 35.5. The first-order valence-electron chi connectivity index (χ1n) is 8.72. The van der Waals surface area contributed by atoms with Gasteiger partial charge in [0.25, 0.3) is 5.91 Å². The normalized spacial score (nSPS) is 21.0. The molecule has 142 valence electrons. The number of carbonyl (C=O) groups is 1. The molecule has 1 aromatic heterocycles. The van der Waals surface area contributed by atoms with Crippen LogP contribution in [0.25, 0.3) is 0 Å². The fourth-order valence-corrected chi connectivity index (χ4v) is 3.15. The molecule has 0 spiro atoms. The van der Waals surface area contributed by atoms with Crippen molar-refractivity contribution in [3.05, 3.63) is 23.8 Å². The molecule has 1 saturated heterocycles. The molecular weight excluding hydrogens is 340 g/mol. The first kappa shape index (κ1) is 21.8. The lowest BCUT2D eigenvalue weighted by molar-refractivity contribution is -0.140. The van der Waals surface area contributed by atoms with E-state index in [0.717, 1.165) is 43.9 Å². The summed E-state index contributed by atoms with van der Waals surface area (Å²) in [6.45, 7) is 10.4. The molecule has 0 aromatic carbocycles. The predicted molar refractivity (Wildman–Crippen MR) is 101 cm³/mol. The number of nitrogens with zero attached hydrogens (tertiary/aromatic N) is 3. The third-order valence-electron chi connectivity index (χ3n) is 4.91. The van der Waals surface area contributed by atoms with Crippen LogP contribution in [0.1, 0.15) is 45.0 Å². The van der Waals surface area contributed by atoms with Crippen molar-refractivity contribution in [2.45, 2.75) is 58.7 Å². The standard InChI is InChI=1S/C18H30N4O2.ClH/c1-6-7-14-10-22(11-15-13(2)19-8-9-20-15)12-16(14)21-17(23)18(3,4)24-5;/h8-9,14,16H,6-7,10-12H2,1-5H3,(H,21,23);1H/t14-,16-;/m0./s1. The van der Waals surface area contributed by atoms with Gasteiger partial charge in [0.1, 0.15) is 5.60 Å². The van der Waals surface area contributed by atoms with Gasteiger partial charge in [0.05, 0.1) is 11.4 Å². The summed E-state index contributed by atoms with van der Waals surface area (Å²) in [7, 11) is 1.57. The zero-order chi connectivity index (χ0) is 17.7. The van der Waals surface area contributed by atoms with Crippen molar-refractivity contribution in [3.8, 4) is 0 Å². The van der Waals surface area contributed by atoms with Crippen LogP contribution in [-0.4, -0.2) is 52.6 Å². The zero-order valence-corrected chi connectivity index (χ0v) is 16.7. The Morgan fingerprint density at radius 3 is 2.64 bits per heavy atom. The molecule has 25 heavy (non-hydrogen) atoms. The number of carbonyl (C=O) groups excluding carboxylic acids is 1. The largest absolute Gasteiger partial charge is 0.369 e. The second kappa shape index (κ2) is 9.46. The Morgan fingerprint density at radius 2 is 2.04 bits per heavy atom. The van der Waals surface area contributed by atoms with Crippen LogP contribution in [0.3, 0.4) is 0 Å². The summed E-state index contributed by atoms with van der Waals surface area (Å²) < 4.78 is 5.30. The highest BCUT2D eigenvalue weighted by Gasteiger charge is 2.36. The van der Waals surface area contributed by atoms with Crippen molar-refractivity contribution in [3.63, 3.8) is 0 Å². The van der Waals surface area contributed by atoms with Crippen LogP contribution >= 0.6 is 12.4 Å². The summed E-state index contributed by atoms with van der Waals surface area (Å²) in [6, 6.07) is 0.156. The van der Waals surface area contributed by atoms with Crippen LogP contribution in [0.2, 0.25) is 0 Å². The van der Waals surface area contributed by atoms with E-state index < -0.39 is 5.60 Å². The van der Waals surface area contributed by atoms with E-state index in [4.69, 9.17) is 4.74 Å². The highest BCUT2D eigenvalue weighted by molar-refractivity contribution is 5.85. The molecular formula is C18H31ClN4O2. The summed E-state index contributed by atoms with van der Waals surface area (Å²) in [6.07, 6.45) is 5.68. The minimum Gasteiger partial charge on any atom is -0.369 e. The molecule has 2 atom stereocenters. The summed E-state index contributed by atoms with van der Waals surface area (Å²) >= 11 is 0. The Labute approximate surface area is 157 Å². The molecule has 2 rings (SSSR count). The average Bonchev–Trinajstić information content (AvgIpc) is 2.91. The lowest BCUT2D eigenvalue weighted by atomic mass is 9.97. The number of nitrogens with one attached hydrogen (secondary N) is 1. The topological polar surface area (TPSA) is 67.4 Å². The van der Waals surface area contributed by atoms with Gasteiger partial charge in [-0.05, 0) is 33.1 Å². The van der Waals surface area contributed by atoms with Gasteiger partial charge in [0.15, 0.2) is 0 Å². The maximum absolute atomic E-state index is 12.4. The molecule has 0 saturated carbocycles. The van der Waals surface area contributed by atoms with Gasteiger partial charge in [-0.15, -0.1) is 12.4 Å². The first-order chi connectivity index (χ1) is 11.4. The second-order valence-corrected chi connectivity index (χ2v) is 7.13. The van der Waals surface area contributed by atoms with Gasteiger partial charge in [-0.25, -0.2) is 0 Å². The molecule has 1 aromatic rings. The van der Waals surface area contributed by atoms with E-state index in [-0.39, 0.29) is 24.4 Å². The van der Waals surface area contributed by atoms with E-state index in [2.05, 4.69) is 27.1 Å². The number of aryl methyl sites for hydroxylation is 1. The Bertz CT molecular complexity index is 568. The number of likely N-dealkylation sites (tertiary alicyclic amines) is 1. The zero-order valence-electron chi connectivity index (χ0n) is 15.9. The number of rotatable bonds is 7. The van der Waals surface area contributed by atoms with Crippen molar-refractivity contribution in [2.24, 2.45) is 5.92 Å². The summed E-state index contributed by atoms with van der Waals surface area (Å²) in [4.78, 5) is 23.6. The van der Waals surface area contributed by atoms with E-state index in [1.165, 1.54) is 0 Å². The third kappa shape index (κ3) is 5.62. The molecule has 0 radical (unpaired) electrons. The fourth-order valence-electron chi connectivity index (χ4n) is 3.15. The van der Waals surface area contributed by atoms with Crippen LogP contribution in [0.5, 0.6) is 0 Å². The van der Waals surface area contributed by atoms with Crippen molar-refractivity contribution < 1.29 is 9.53 Å². The van der Waals surface area contributed by atoms with Gasteiger partial charge in [-0.1, -0.05) is 13.3 Å². The minimum atomic E-state index is -0.800. The maximum Gasteiger partial charge on any atom is 0.251 e. The smallest absolute Gasteiger partial charge is 0.251 e. The van der Waals surface area contributed by atoms with E-state index in [9.17, 15) is 4.79 Å². The highest BCUT2D eigenvalue weighted by Crippen LogP contribution is 2.24. The van der Waals surface area contributed by atoms with E-state index >= 15 is 0 Å². The van der Waals surface area contributed by atoms with E-state index in [0.29, 0.717) is 5.92 Å². The lowest BCUT2D eigenvalue weighted by Crippen LogP contribution is -2.50. The molecule has 1 aliphatic rings. The molecule has 1 N–H and O–H groups in total. The van der Waals surface area contributed by atoms with Gasteiger partial charge in [-0.3, -0.25) is 19.7 Å². The van der Waals surface area contributed by atoms with E-state index in [1.54, 1.807) is 33.4 Å². The lowest BCUT2D eigenvalue weighted by Gasteiger charge is -2.26. The van der Waals surface area contributed by atoms with E-state index in [1.807, 2.05) is 6.92 Å². The van der Waals surface area contributed by atoms with Crippen LogP contribution in [0.15, 0.2) is 12.4 Å². The second-order valence-electron chi connectivity index (χ2n) is 7.13. The Hall–Kier alpha value is -1.24. The minimum absolute atomic E-state index is 0. The number of aromatic nitrogens is 2. The number of halogens is 1. The van der Waals surface area contributed by atoms with Crippen molar-refractivity contribution in [2.75, 3.05) is 20.2 Å². The predicted octanol–water partition coefficient (Wildman–Crippen LogP) is 2.35. The molecule has 0 aliphatic carbocycles. The maximum atomic E-state index is 12.4. The van der Waals surface area contributed by atoms with Crippen LogP contribution in [-0.2, 0) is 16.1 Å². The molecule has 0 unspecified atom stereocenters. The van der Waals surface area contributed by atoms with Crippen molar-refractivity contribution >= 4 is 18.3 Å². The molecule has 1 aliphatic heterocycles. The number of hydrogen-bond donors (Lipinski definition) is 1. The SMILES string of the molecule is CCC[C@H]1CN(Cc2nccnc2C)C[C@@H]1NC(=O)C(C)(C)OC.Cl. The Kier molecular flexibility index (Phi) is 8.25. The number of hydrogen-bond acceptors (Lipinski definition) is 5. The molecule has 0 bridgehead atoms. The summed E-state index contributed by atoms with van der Waals surface area (Å²) in [5.74, 6) is 0.414. The monoisotopic (exact) mass is 370 g/mol. The fraction of sp³-hybridized carbons (Fsp3) is 0.722. The van der Waals surface area contributed by atoms with Gasteiger partial charge in [0.2, 0.25) is 0 Å². The number of amides is 1. The van der Waals surface area contributed by atoms with Crippen molar-refractivity contribution in [1.82, 2.24) is 20.2 Å². The molecule has 7 heteroatoms. The van der Waals surface area contributed by atoms with Gasteiger partial charge >= 0.3 is 0 Å². The van der Waals surface area contributed by atoms with Gasteiger partial charge in [0, 0.05) is 45.2 Å². The van der Waals surface area contributed by atoms with Gasteiger partial charge < -0.3 is 10.1 Å². The van der Waals surface area contributed by atoms with Crippen LogP contribution in [0.4, 0.5) is 0 Å². The quantitative estimate of drug-likeness (QED) is 0.798. The van der Waals surface area contributed by atoms with Crippen LogP contribution in [0, 0.1) is 12.8 Å². The number of ether oxygens (including phenoxy) is 1. The first-order valence-corrected chi connectivity index (χ1v) is 8.72. The summed E-state index contributed by atoms with van der Waals surface area (Å²) in [5, 5.41) is 3.19. The third-order valence-corrected chi connectivity index (χ3v) is 4.91. The molecule has 1 fully saturated rings. The Balaban J connectivity index is 0.00000312. The van der Waals surface area contributed by atoms with Crippen molar-refractivity contribution in [1.29, 1.82) is 0 Å². The van der Waals surface area contributed by atoms with Gasteiger partial charge in [-0.2, -0.15) is 0 Å². The van der Waals surface area contributed by atoms with Crippen LogP contribution < -0.4 is 5.32 Å². The number of methoxy groups -OCH3 is 1. The Morgan fingerprint density at radius 1 is 1.36 bits per heavy atom. The average molecular weight is 371 g/mol. The summed E-state index contributed by atoms with van der Waals surface area (Å²) in [5.41, 5.74) is 1.18. The molecule has 6 nitrogen and oxygen atoms in total. The molecule has 1 amide bonds. The molecule has 2 heterocycles.